The number of hydrogen-bond acceptors (Lipinski definition) is 22. The molecule has 0 saturated carbocycles. The van der Waals surface area contributed by atoms with Gasteiger partial charge in [0.1, 0.15) is 42.0 Å². The van der Waals surface area contributed by atoms with Crippen molar-refractivity contribution in [3.8, 4) is 5.75 Å². The predicted molar refractivity (Wildman–Crippen MR) is 408 cm³/mol. The summed E-state index contributed by atoms with van der Waals surface area (Å²) in [5.41, 5.74) is 6.39. The van der Waals surface area contributed by atoms with Crippen LogP contribution in [0.1, 0.15) is 170 Å². The molecule has 0 bridgehead atoms. The van der Waals surface area contributed by atoms with Crippen molar-refractivity contribution in [2.75, 3.05) is 159 Å². The van der Waals surface area contributed by atoms with E-state index in [4.69, 9.17) is 53.1 Å². The molecular formula is C76H135N11O22. The van der Waals surface area contributed by atoms with E-state index >= 15 is 0 Å². The molecule has 1 rings (SSSR count). The quantitative estimate of drug-likeness (QED) is 0.0416. The first kappa shape index (κ1) is 99.8. The van der Waals surface area contributed by atoms with Gasteiger partial charge in [-0.05, 0) is 80.4 Å². The number of nitrogens with two attached hydrogens (primary N) is 1. The topological polar surface area (TPSA) is 447 Å². The zero-order chi connectivity index (χ0) is 80.7. The zero-order valence-corrected chi connectivity index (χ0v) is 66.6. The Labute approximate surface area is 646 Å². The number of carbonyl (C=O) groups is 11. The summed E-state index contributed by atoms with van der Waals surface area (Å²) in [7, 11) is 3.20. The average Bonchev–Trinajstić information content (AvgIpc) is 0.847. The van der Waals surface area contributed by atoms with Crippen LogP contribution in [0.15, 0.2) is 24.3 Å². The Kier molecular flexibility index (Phi) is 60.0. The molecule has 6 atom stereocenters. The number of phenols is 1. The first-order chi connectivity index (χ1) is 52.4. The summed E-state index contributed by atoms with van der Waals surface area (Å²) in [5.74, 6) is -8.40. The molecule has 626 valence electrons. The van der Waals surface area contributed by atoms with Gasteiger partial charge in [-0.25, -0.2) is 0 Å². The molecule has 109 heavy (non-hydrogen) atoms. The van der Waals surface area contributed by atoms with Crippen LogP contribution in [0.5, 0.6) is 5.75 Å². The second-order valence-corrected chi connectivity index (χ2v) is 27.4. The van der Waals surface area contributed by atoms with Crippen molar-refractivity contribution in [3.05, 3.63) is 29.8 Å². The number of benzene rings is 1. The lowest BCUT2D eigenvalue weighted by Gasteiger charge is -2.30. The number of nitrogens with one attached hydrogen (secondary N) is 10. The average molecular weight is 1550 g/mol. The fourth-order valence-electron chi connectivity index (χ4n) is 10.6. The summed E-state index contributed by atoms with van der Waals surface area (Å²) in [6, 6.07) is -0.880. The molecular weight excluding hydrogens is 1420 g/mol. The highest BCUT2D eigenvalue weighted by molar-refractivity contribution is 5.97. The third kappa shape index (κ3) is 53.3. The van der Waals surface area contributed by atoms with Gasteiger partial charge in [-0.2, -0.15) is 0 Å². The van der Waals surface area contributed by atoms with Gasteiger partial charge < -0.3 is 111 Å². The smallest absolute Gasteiger partial charge is 0.243 e. The number of unbranched alkanes of at least 4 members (excludes halogenated alkanes) is 10. The standard InChI is InChI=1S/C76H135N11O22/c1-10-11-12-13-14-15-16-17-18-25-65(91)83-62(52-58-26-28-59(88)29-27-58)73(96)85-69(56(4)5)75(98)87-70(57(6)7)76(99)86-68(55(2)3)74(97)81-53-66(92)80-54-67(93)82-61(24-20-22-33-79-64(90)31-35-103-41-43-107-49-51-109-47-45-105-39-37-101-9)72(95)84-60(71(77)94)23-19-21-32-78-63(89)30-34-102-40-42-106-48-50-108-46-44-104-38-36-100-8/h26-29,55-57,60-62,68-70,88H,10-25,30-54H2,1-9H3,(H2,77,94)(H,78,89)(H,79,90)(H,80,92)(H,81,97)(H,82,93)(H,83,91)(H,84,95)(H,85,96)(H,86,99)(H,87,98)/t60?,61?,62-,68?,69?,70?/m0/s1. The number of carbonyl (C=O) groups excluding carboxylic acids is 11. The molecule has 0 saturated heterocycles. The number of ether oxygens (including phenoxy) is 10. The van der Waals surface area contributed by atoms with E-state index in [1.165, 1.54) is 37.8 Å². The molecule has 0 heterocycles. The second kappa shape index (κ2) is 65.5. The summed E-state index contributed by atoms with van der Waals surface area (Å²) in [6.45, 7) is 18.4. The van der Waals surface area contributed by atoms with Crippen molar-refractivity contribution >= 4 is 65.0 Å². The third-order valence-corrected chi connectivity index (χ3v) is 17.0. The van der Waals surface area contributed by atoms with Gasteiger partial charge in [-0.3, -0.25) is 52.7 Å². The predicted octanol–water partition coefficient (Wildman–Crippen LogP) is 2.23. The van der Waals surface area contributed by atoms with E-state index < -0.39 is 114 Å². The number of primary amides is 1. The molecule has 11 amide bonds. The van der Waals surface area contributed by atoms with Crippen LogP contribution in [0.25, 0.3) is 0 Å². The molecule has 0 aliphatic heterocycles. The van der Waals surface area contributed by atoms with Crippen LogP contribution in [0, 0.1) is 17.8 Å². The molecule has 33 heteroatoms. The van der Waals surface area contributed by atoms with Gasteiger partial charge in [-0.1, -0.05) is 112 Å². The molecule has 0 aliphatic carbocycles. The molecule has 5 unspecified atom stereocenters. The van der Waals surface area contributed by atoms with Crippen LogP contribution in [0.2, 0.25) is 0 Å². The van der Waals surface area contributed by atoms with Crippen molar-refractivity contribution in [2.24, 2.45) is 23.5 Å². The highest BCUT2D eigenvalue weighted by atomic mass is 16.6. The zero-order valence-electron chi connectivity index (χ0n) is 66.6. The lowest BCUT2D eigenvalue weighted by Crippen LogP contribution is -2.61. The molecule has 0 aliphatic rings. The summed E-state index contributed by atoms with van der Waals surface area (Å²) < 4.78 is 53.3. The third-order valence-electron chi connectivity index (χ3n) is 17.0. The number of phenolic OH excluding ortho intramolecular Hbond substituents is 1. The maximum absolute atomic E-state index is 14.2. The van der Waals surface area contributed by atoms with Gasteiger partial charge in [0.2, 0.25) is 65.0 Å². The Hall–Kier alpha value is -7.21. The Morgan fingerprint density at radius 1 is 0.349 bits per heavy atom. The molecule has 0 aromatic heterocycles. The van der Waals surface area contributed by atoms with Gasteiger partial charge in [0.25, 0.3) is 0 Å². The first-order valence-corrected chi connectivity index (χ1v) is 39.0. The molecule has 0 spiro atoms. The first-order valence-electron chi connectivity index (χ1n) is 39.0. The molecule has 1 aromatic carbocycles. The second-order valence-electron chi connectivity index (χ2n) is 27.4. The summed E-state index contributed by atoms with van der Waals surface area (Å²) in [4.78, 5) is 148. The van der Waals surface area contributed by atoms with Crippen LogP contribution in [-0.4, -0.2) is 266 Å². The van der Waals surface area contributed by atoms with E-state index in [0.29, 0.717) is 137 Å². The minimum Gasteiger partial charge on any atom is -0.508 e. The number of rotatable bonds is 71. The monoisotopic (exact) mass is 1550 g/mol. The summed E-state index contributed by atoms with van der Waals surface area (Å²) in [6.07, 6.45) is 11.7. The van der Waals surface area contributed by atoms with E-state index in [0.717, 1.165) is 25.7 Å². The molecule has 33 nitrogen and oxygen atoms in total. The van der Waals surface area contributed by atoms with E-state index in [1.54, 1.807) is 67.9 Å². The largest absolute Gasteiger partial charge is 0.508 e. The van der Waals surface area contributed by atoms with E-state index in [1.807, 2.05) is 0 Å². The van der Waals surface area contributed by atoms with Gasteiger partial charge in [0, 0.05) is 53.0 Å². The Bertz CT molecular complexity index is 2660. The van der Waals surface area contributed by atoms with Crippen molar-refractivity contribution in [2.45, 2.75) is 207 Å². The minimum absolute atomic E-state index is 0.0253. The van der Waals surface area contributed by atoms with Gasteiger partial charge in [0.15, 0.2) is 0 Å². The van der Waals surface area contributed by atoms with E-state index in [-0.39, 0.29) is 94.9 Å². The van der Waals surface area contributed by atoms with Crippen LogP contribution in [-0.2, 0) is 107 Å². The highest BCUT2D eigenvalue weighted by Gasteiger charge is 2.35. The molecule has 0 radical (unpaired) electrons. The highest BCUT2D eigenvalue weighted by Crippen LogP contribution is 2.16. The number of aromatic hydroxyl groups is 1. The molecule has 0 fully saturated rings. The van der Waals surface area contributed by atoms with E-state index in [9.17, 15) is 57.8 Å². The molecule has 1 aromatic rings. The Morgan fingerprint density at radius 2 is 0.716 bits per heavy atom. The maximum Gasteiger partial charge on any atom is 0.243 e. The van der Waals surface area contributed by atoms with Crippen LogP contribution >= 0.6 is 0 Å². The van der Waals surface area contributed by atoms with Crippen molar-refractivity contribution < 1.29 is 105 Å². The van der Waals surface area contributed by atoms with Gasteiger partial charge in [-0.15, -0.1) is 0 Å². The Morgan fingerprint density at radius 3 is 1.14 bits per heavy atom. The summed E-state index contributed by atoms with van der Waals surface area (Å²) in [5, 5.41) is 36.7. The maximum atomic E-state index is 14.2. The normalized spacial score (nSPS) is 13.0. The SMILES string of the molecule is CCCCCCCCCCCC(=O)N[C@@H](Cc1ccc(O)cc1)C(=O)NC(C(=O)NC(C(=O)NC(C(=O)NCC(=O)NCC(=O)NC(CCCCNC(=O)CCOCCOCCOCCOCCOC)C(=O)NC(CCCCNC(=O)CCOCCOCCOCCOCCOC)C(N)=O)C(C)C)C(C)C)C(C)C. The lowest BCUT2D eigenvalue weighted by atomic mass is 9.97. The molecule has 13 N–H and O–H groups in total. The number of amides is 11. The number of methoxy groups -OCH3 is 2. The van der Waals surface area contributed by atoms with Gasteiger partial charge >= 0.3 is 0 Å². The fourth-order valence-corrected chi connectivity index (χ4v) is 10.6. The van der Waals surface area contributed by atoms with Crippen LogP contribution < -0.4 is 58.9 Å². The van der Waals surface area contributed by atoms with Gasteiger partial charge in [0.05, 0.1) is 132 Å². The lowest BCUT2D eigenvalue weighted by molar-refractivity contribution is -0.136. The van der Waals surface area contributed by atoms with Crippen LogP contribution in [0.4, 0.5) is 0 Å². The van der Waals surface area contributed by atoms with Crippen molar-refractivity contribution in [1.29, 1.82) is 0 Å². The van der Waals surface area contributed by atoms with Crippen molar-refractivity contribution in [1.82, 2.24) is 53.2 Å². The Balaban J connectivity index is 2.95. The minimum atomic E-state index is -1.24. The van der Waals surface area contributed by atoms with Crippen molar-refractivity contribution in [3.63, 3.8) is 0 Å². The van der Waals surface area contributed by atoms with Crippen LogP contribution in [0.3, 0.4) is 0 Å². The van der Waals surface area contributed by atoms with E-state index in [2.05, 4.69) is 60.1 Å². The fraction of sp³-hybridized carbons (Fsp3) is 0.776. The summed E-state index contributed by atoms with van der Waals surface area (Å²) >= 11 is 0. The number of hydrogen-bond donors (Lipinski definition) is 12.